The minimum atomic E-state index is -0.161. The number of hydrogen-bond acceptors (Lipinski definition) is 6. The molecule has 0 bridgehead atoms. The molecule has 8 heteroatoms. The second-order valence-corrected chi connectivity index (χ2v) is 9.13. The topological polar surface area (TPSA) is 73.2 Å². The Balaban J connectivity index is 1.70. The van der Waals surface area contributed by atoms with Gasteiger partial charge in [0.2, 0.25) is 5.91 Å². The molecule has 2 aromatic rings. The zero-order chi connectivity index (χ0) is 19.5. The standard InChI is InChI=1S/C20H23N3O3S2/c1-2-9-21-16(24)12-27-20-22-18-17(14-7-3-4-8-15(14)28-18)19(25)23(20)11-13-6-5-10-26-13/h1,13H,3-12H2,(H,21,24)/t13-/m0/s1. The Labute approximate surface area is 172 Å². The van der Waals surface area contributed by atoms with Crippen LogP contribution < -0.4 is 10.9 Å². The Morgan fingerprint density at radius 1 is 1.39 bits per heavy atom. The number of rotatable bonds is 6. The Morgan fingerprint density at radius 2 is 2.25 bits per heavy atom. The van der Waals surface area contributed by atoms with E-state index in [2.05, 4.69) is 11.2 Å². The second-order valence-electron chi connectivity index (χ2n) is 7.11. The highest BCUT2D eigenvalue weighted by Gasteiger charge is 2.25. The van der Waals surface area contributed by atoms with Gasteiger partial charge in [0.15, 0.2) is 5.16 Å². The molecule has 0 spiro atoms. The molecule has 0 aromatic carbocycles. The third-order valence-corrected chi connectivity index (χ3v) is 7.33. The van der Waals surface area contributed by atoms with E-state index in [9.17, 15) is 9.59 Å². The summed E-state index contributed by atoms with van der Waals surface area (Å²) in [5.41, 5.74) is 1.19. The summed E-state index contributed by atoms with van der Waals surface area (Å²) in [7, 11) is 0. The molecule has 1 fully saturated rings. The van der Waals surface area contributed by atoms with Gasteiger partial charge in [-0.25, -0.2) is 4.98 Å². The van der Waals surface area contributed by atoms with Gasteiger partial charge in [0.05, 0.1) is 30.3 Å². The van der Waals surface area contributed by atoms with Crippen LogP contribution in [0.1, 0.15) is 36.1 Å². The third kappa shape index (κ3) is 3.97. The van der Waals surface area contributed by atoms with Crippen LogP contribution in [0.25, 0.3) is 10.2 Å². The van der Waals surface area contributed by atoms with Crippen molar-refractivity contribution in [3.05, 3.63) is 20.8 Å². The maximum absolute atomic E-state index is 13.4. The Hall–Kier alpha value is -1.82. The predicted molar refractivity (Wildman–Crippen MR) is 112 cm³/mol. The summed E-state index contributed by atoms with van der Waals surface area (Å²) in [6.45, 7) is 1.42. The molecular formula is C20H23N3O3S2. The summed E-state index contributed by atoms with van der Waals surface area (Å²) in [6.07, 6.45) is 11.4. The SMILES string of the molecule is C#CCNC(=O)CSc1nc2sc3c(c2c(=O)n1C[C@@H]1CCCO1)CCCC3. The monoisotopic (exact) mass is 417 g/mol. The number of carbonyl (C=O) groups excluding carboxylic acids is 1. The number of thioether (sulfide) groups is 1. The van der Waals surface area contributed by atoms with Gasteiger partial charge in [-0.2, -0.15) is 0 Å². The fourth-order valence-corrected chi connectivity index (χ4v) is 5.95. The van der Waals surface area contributed by atoms with Crippen molar-refractivity contribution in [2.75, 3.05) is 18.9 Å². The highest BCUT2D eigenvalue weighted by Crippen LogP contribution is 2.34. The van der Waals surface area contributed by atoms with Gasteiger partial charge >= 0.3 is 0 Å². The molecule has 1 atom stereocenters. The maximum Gasteiger partial charge on any atom is 0.263 e. The van der Waals surface area contributed by atoms with Crippen molar-refractivity contribution in [2.24, 2.45) is 0 Å². The van der Waals surface area contributed by atoms with Crippen LogP contribution in [0, 0.1) is 12.3 Å². The first-order chi connectivity index (χ1) is 13.7. The number of nitrogens with one attached hydrogen (secondary N) is 1. The van der Waals surface area contributed by atoms with Crippen molar-refractivity contribution in [3.8, 4) is 12.3 Å². The van der Waals surface area contributed by atoms with Gasteiger partial charge in [0, 0.05) is 11.5 Å². The second kappa shape index (κ2) is 8.68. The minimum absolute atomic E-state index is 0.00596. The van der Waals surface area contributed by atoms with Crippen LogP contribution in [0.5, 0.6) is 0 Å². The molecule has 1 saturated heterocycles. The van der Waals surface area contributed by atoms with Crippen LogP contribution in [0.15, 0.2) is 9.95 Å². The van der Waals surface area contributed by atoms with E-state index in [1.54, 1.807) is 15.9 Å². The number of hydrogen-bond donors (Lipinski definition) is 1. The largest absolute Gasteiger partial charge is 0.376 e. The minimum Gasteiger partial charge on any atom is -0.376 e. The smallest absolute Gasteiger partial charge is 0.263 e. The average molecular weight is 418 g/mol. The van der Waals surface area contributed by atoms with Gasteiger partial charge in [0.1, 0.15) is 4.83 Å². The van der Waals surface area contributed by atoms with E-state index in [-0.39, 0.29) is 29.9 Å². The molecule has 6 nitrogen and oxygen atoms in total. The van der Waals surface area contributed by atoms with Gasteiger partial charge in [-0.05, 0) is 44.1 Å². The first kappa shape index (κ1) is 19.5. The molecule has 1 aliphatic carbocycles. The van der Waals surface area contributed by atoms with Crippen molar-refractivity contribution in [1.29, 1.82) is 0 Å². The molecule has 3 heterocycles. The van der Waals surface area contributed by atoms with E-state index in [0.29, 0.717) is 11.7 Å². The molecule has 1 amide bonds. The van der Waals surface area contributed by atoms with Crippen LogP contribution in [-0.4, -0.2) is 40.5 Å². The molecule has 1 N–H and O–H groups in total. The molecule has 28 heavy (non-hydrogen) atoms. The third-order valence-electron chi connectivity index (χ3n) is 5.17. The molecule has 148 valence electrons. The van der Waals surface area contributed by atoms with E-state index in [0.717, 1.165) is 48.9 Å². The molecule has 0 radical (unpaired) electrons. The lowest BCUT2D eigenvalue weighted by atomic mass is 9.97. The van der Waals surface area contributed by atoms with Crippen LogP contribution in [0.4, 0.5) is 0 Å². The lowest BCUT2D eigenvalue weighted by molar-refractivity contribution is -0.118. The first-order valence-corrected chi connectivity index (χ1v) is 11.5. The fourth-order valence-electron chi connectivity index (χ4n) is 3.81. The van der Waals surface area contributed by atoms with Crippen molar-refractivity contribution in [3.63, 3.8) is 0 Å². The van der Waals surface area contributed by atoms with Gasteiger partial charge in [-0.3, -0.25) is 14.2 Å². The van der Waals surface area contributed by atoms with Crippen LogP contribution in [-0.2, 0) is 28.9 Å². The number of fused-ring (bicyclic) bond motifs is 3. The van der Waals surface area contributed by atoms with Crippen LogP contribution >= 0.6 is 23.1 Å². The molecule has 2 aliphatic rings. The average Bonchev–Trinajstić information content (AvgIpc) is 3.34. The van der Waals surface area contributed by atoms with Gasteiger partial charge in [-0.1, -0.05) is 17.7 Å². The van der Waals surface area contributed by atoms with Crippen LogP contribution in [0.3, 0.4) is 0 Å². The normalized spacial score (nSPS) is 18.8. The molecule has 2 aromatic heterocycles. The van der Waals surface area contributed by atoms with Gasteiger partial charge < -0.3 is 10.1 Å². The molecule has 0 saturated carbocycles. The van der Waals surface area contributed by atoms with Gasteiger partial charge in [0.25, 0.3) is 5.56 Å². The number of nitrogens with zero attached hydrogens (tertiary/aromatic N) is 2. The quantitative estimate of drug-likeness (QED) is 0.444. The highest BCUT2D eigenvalue weighted by molar-refractivity contribution is 7.99. The molecular weight excluding hydrogens is 394 g/mol. The summed E-state index contributed by atoms with van der Waals surface area (Å²) < 4.78 is 7.48. The van der Waals surface area contributed by atoms with Crippen molar-refractivity contribution in [1.82, 2.24) is 14.9 Å². The van der Waals surface area contributed by atoms with Gasteiger partial charge in [-0.15, -0.1) is 17.8 Å². The van der Waals surface area contributed by atoms with Crippen molar-refractivity contribution >= 4 is 39.2 Å². The Morgan fingerprint density at radius 3 is 3.04 bits per heavy atom. The number of thiophene rings is 1. The van der Waals surface area contributed by atoms with E-state index in [1.807, 2.05) is 0 Å². The number of aromatic nitrogens is 2. The number of aryl methyl sites for hydroxylation is 2. The lowest BCUT2D eigenvalue weighted by Crippen LogP contribution is -2.30. The lowest BCUT2D eigenvalue weighted by Gasteiger charge is -2.16. The van der Waals surface area contributed by atoms with E-state index >= 15 is 0 Å². The number of amides is 1. The number of ether oxygens (including phenoxy) is 1. The summed E-state index contributed by atoms with van der Waals surface area (Å²) in [5, 5.41) is 4.02. The zero-order valence-corrected chi connectivity index (χ0v) is 17.3. The summed E-state index contributed by atoms with van der Waals surface area (Å²) in [4.78, 5) is 32.3. The van der Waals surface area contributed by atoms with Crippen LogP contribution in [0.2, 0.25) is 0 Å². The Kier molecular flexibility index (Phi) is 6.04. The van der Waals surface area contributed by atoms with Crippen molar-refractivity contribution in [2.45, 2.75) is 56.3 Å². The molecule has 0 unspecified atom stereocenters. The van der Waals surface area contributed by atoms with Crippen molar-refractivity contribution < 1.29 is 9.53 Å². The maximum atomic E-state index is 13.4. The van der Waals surface area contributed by atoms with E-state index in [1.165, 1.54) is 28.6 Å². The van der Waals surface area contributed by atoms with E-state index < -0.39 is 0 Å². The first-order valence-electron chi connectivity index (χ1n) is 9.67. The summed E-state index contributed by atoms with van der Waals surface area (Å²) >= 11 is 2.92. The molecule has 1 aliphatic heterocycles. The summed E-state index contributed by atoms with van der Waals surface area (Å²) in [5.74, 6) is 2.41. The predicted octanol–water partition coefficient (Wildman–Crippen LogP) is 2.36. The molecule has 4 rings (SSSR count). The number of carbonyl (C=O) groups is 1. The summed E-state index contributed by atoms with van der Waals surface area (Å²) in [6, 6.07) is 0. The Bertz CT molecular complexity index is 983. The fraction of sp³-hybridized carbons (Fsp3) is 0.550. The zero-order valence-electron chi connectivity index (χ0n) is 15.7. The highest BCUT2D eigenvalue weighted by atomic mass is 32.2. The van der Waals surface area contributed by atoms with E-state index in [4.69, 9.17) is 16.1 Å². The number of terminal acetylenes is 1.